The van der Waals surface area contributed by atoms with Crippen LogP contribution in [0.1, 0.15) is 10.4 Å². The molecule has 0 radical (unpaired) electrons. The molecule has 0 saturated carbocycles. The van der Waals surface area contributed by atoms with Crippen molar-refractivity contribution < 1.29 is 15.0 Å². The van der Waals surface area contributed by atoms with Crippen LogP contribution in [0, 0.1) is 0 Å². The predicted molar refractivity (Wildman–Crippen MR) is 68.9 cm³/mol. The summed E-state index contributed by atoms with van der Waals surface area (Å²) in [7, 11) is 1.63. The third-order valence-electron chi connectivity index (χ3n) is 2.64. The molecule has 2 aromatic carbocycles. The van der Waals surface area contributed by atoms with E-state index in [0.717, 1.165) is 0 Å². The zero-order chi connectivity index (χ0) is 13.1. The van der Waals surface area contributed by atoms with Crippen LogP contribution in [0.2, 0.25) is 0 Å². The zero-order valence-corrected chi connectivity index (χ0v) is 9.87. The maximum atomic E-state index is 12.1. The Kier molecular flexibility index (Phi) is 3.19. The molecule has 4 nitrogen and oxygen atoms in total. The number of hydrogen-bond acceptors (Lipinski definition) is 3. The maximum Gasteiger partial charge on any atom is 0.258 e. The van der Waals surface area contributed by atoms with Crippen LogP contribution in [0.5, 0.6) is 11.5 Å². The van der Waals surface area contributed by atoms with Crippen molar-refractivity contribution in [3.63, 3.8) is 0 Å². The van der Waals surface area contributed by atoms with Crippen molar-refractivity contribution in [1.29, 1.82) is 0 Å². The number of amides is 1. The summed E-state index contributed by atoms with van der Waals surface area (Å²) < 4.78 is 0. The van der Waals surface area contributed by atoms with Gasteiger partial charge in [0.05, 0.1) is 0 Å². The van der Waals surface area contributed by atoms with Crippen LogP contribution in [0.15, 0.2) is 48.5 Å². The quantitative estimate of drug-likeness (QED) is 0.851. The molecule has 0 bridgehead atoms. The molecular formula is C14H13NO3. The first-order chi connectivity index (χ1) is 8.58. The number of carbonyl (C=O) groups excluding carboxylic acids is 1. The van der Waals surface area contributed by atoms with Gasteiger partial charge in [-0.25, -0.2) is 0 Å². The van der Waals surface area contributed by atoms with Gasteiger partial charge < -0.3 is 15.1 Å². The number of hydrogen-bond donors (Lipinski definition) is 2. The van der Waals surface area contributed by atoms with Gasteiger partial charge in [0.2, 0.25) is 0 Å². The minimum absolute atomic E-state index is 0.109. The first-order valence-corrected chi connectivity index (χ1v) is 5.44. The van der Waals surface area contributed by atoms with Gasteiger partial charge in [0, 0.05) is 24.4 Å². The van der Waals surface area contributed by atoms with Crippen molar-refractivity contribution in [2.45, 2.75) is 0 Å². The molecule has 0 heterocycles. The van der Waals surface area contributed by atoms with E-state index in [1.165, 1.54) is 23.1 Å². The van der Waals surface area contributed by atoms with Crippen molar-refractivity contribution >= 4 is 11.6 Å². The Hall–Kier alpha value is -2.49. The number of aromatic hydroxyl groups is 2. The number of phenolic OH excluding ortho intramolecular Hbond substituents is 2. The van der Waals surface area contributed by atoms with E-state index in [-0.39, 0.29) is 17.4 Å². The van der Waals surface area contributed by atoms with Crippen LogP contribution in [-0.4, -0.2) is 23.2 Å². The lowest BCUT2D eigenvalue weighted by Crippen LogP contribution is -2.25. The van der Waals surface area contributed by atoms with Crippen LogP contribution >= 0.6 is 0 Å². The molecule has 2 aromatic rings. The molecule has 0 aliphatic carbocycles. The van der Waals surface area contributed by atoms with Crippen molar-refractivity contribution in [2.75, 3.05) is 11.9 Å². The van der Waals surface area contributed by atoms with Gasteiger partial charge in [-0.15, -0.1) is 0 Å². The number of nitrogens with zero attached hydrogens (tertiary/aromatic N) is 1. The monoisotopic (exact) mass is 243 g/mol. The summed E-state index contributed by atoms with van der Waals surface area (Å²) in [6, 6.07) is 12.5. The van der Waals surface area contributed by atoms with Crippen LogP contribution < -0.4 is 4.90 Å². The van der Waals surface area contributed by atoms with E-state index in [4.69, 9.17) is 0 Å². The molecule has 18 heavy (non-hydrogen) atoms. The van der Waals surface area contributed by atoms with E-state index in [9.17, 15) is 15.0 Å². The average molecular weight is 243 g/mol. The molecule has 2 N–H and O–H groups in total. The Labute approximate surface area is 105 Å². The van der Waals surface area contributed by atoms with Crippen LogP contribution in [0.4, 0.5) is 5.69 Å². The Bertz CT molecular complexity index is 564. The maximum absolute atomic E-state index is 12.1. The first kappa shape index (κ1) is 12.0. The van der Waals surface area contributed by atoms with Gasteiger partial charge in [0.1, 0.15) is 11.5 Å². The number of rotatable bonds is 2. The van der Waals surface area contributed by atoms with E-state index in [1.54, 1.807) is 37.4 Å². The highest BCUT2D eigenvalue weighted by Crippen LogP contribution is 2.21. The minimum Gasteiger partial charge on any atom is -0.508 e. The second kappa shape index (κ2) is 4.79. The lowest BCUT2D eigenvalue weighted by molar-refractivity contribution is 0.0993. The van der Waals surface area contributed by atoms with Gasteiger partial charge in [-0.05, 0) is 36.4 Å². The highest BCUT2D eigenvalue weighted by atomic mass is 16.3. The molecule has 0 aliphatic rings. The second-order valence-electron chi connectivity index (χ2n) is 3.93. The van der Waals surface area contributed by atoms with Crippen molar-refractivity contribution in [3.8, 4) is 11.5 Å². The summed E-state index contributed by atoms with van der Waals surface area (Å²) in [6.45, 7) is 0. The highest BCUT2D eigenvalue weighted by Gasteiger charge is 2.13. The van der Waals surface area contributed by atoms with Gasteiger partial charge in [0.15, 0.2) is 0 Å². The fraction of sp³-hybridized carbons (Fsp3) is 0.0714. The lowest BCUT2D eigenvalue weighted by Gasteiger charge is -2.17. The summed E-state index contributed by atoms with van der Waals surface area (Å²) in [5, 5.41) is 18.6. The van der Waals surface area contributed by atoms with Crippen molar-refractivity contribution in [1.82, 2.24) is 0 Å². The fourth-order valence-corrected chi connectivity index (χ4v) is 1.62. The topological polar surface area (TPSA) is 60.8 Å². The molecule has 1 amide bonds. The normalized spacial score (nSPS) is 10.1. The highest BCUT2D eigenvalue weighted by molar-refractivity contribution is 6.05. The summed E-state index contributed by atoms with van der Waals surface area (Å²) in [4.78, 5) is 13.6. The first-order valence-electron chi connectivity index (χ1n) is 5.44. The minimum atomic E-state index is -0.208. The molecular weight excluding hydrogens is 230 g/mol. The molecule has 0 atom stereocenters. The average Bonchev–Trinajstić information content (AvgIpc) is 2.38. The van der Waals surface area contributed by atoms with E-state index >= 15 is 0 Å². The standard InChI is InChI=1S/C14H13NO3/c1-15(11-3-2-4-13(17)9-11)14(18)10-5-7-12(16)8-6-10/h2-9,16-17H,1H3. The Morgan fingerprint density at radius 2 is 1.67 bits per heavy atom. The van der Waals surface area contributed by atoms with Crippen molar-refractivity contribution in [2.24, 2.45) is 0 Å². The van der Waals surface area contributed by atoms with Crippen LogP contribution in [0.25, 0.3) is 0 Å². The molecule has 0 unspecified atom stereocenters. The fourth-order valence-electron chi connectivity index (χ4n) is 1.62. The Morgan fingerprint density at radius 3 is 2.28 bits per heavy atom. The number of anilines is 1. The van der Waals surface area contributed by atoms with E-state index in [1.807, 2.05) is 0 Å². The molecule has 0 aliphatic heterocycles. The molecule has 0 spiro atoms. The lowest BCUT2D eigenvalue weighted by atomic mass is 10.2. The predicted octanol–water partition coefficient (Wildman–Crippen LogP) is 2.37. The van der Waals surface area contributed by atoms with Gasteiger partial charge in [-0.3, -0.25) is 4.79 Å². The largest absolute Gasteiger partial charge is 0.508 e. The summed E-state index contributed by atoms with van der Waals surface area (Å²) in [6.07, 6.45) is 0. The van der Waals surface area contributed by atoms with Gasteiger partial charge in [0.25, 0.3) is 5.91 Å². The summed E-state index contributed by atoms with van der Waals surface area (Å²) in [5.41, 5.74) is 1.08. The van der Waals surface area contributed by atoms with E-state index in [0.29, 0.717) is 11.3 Å². The summed E-state index contributed by atoms with van der Waals surface area (Å²) in [5.74, 6) is 0.0185. The number of phenols is 2. The smallest absolute Gasteiger partial charge is 0.258 e. The molecule has 0 aromatic heterocycles. The molecule has 0 saturated heterocycles. The zero-order valence-electron chi connectivity index (χ0n) is 9.87. The van der Waals surface area contributed by atoms with Gasteiger partial charge >= 0.3 is 0 Å². The van der Waals surface area contributed by atoms with E-state index < -0.39 is 0 Å². The van der Waals surface area contributed by atoms with E-state index in [2.05, 4.69) is 0 Å². The third kappa shape index (κ3) is 2.43. The Morgan fingerprint density at radius 1 is 1.00 bits per heavy atom. The van der Waals surface area contributed by atoms with Crippen molar-refractivity contribution in [3.05, 3.63) is 54.1 Å². The SMILES string of the molecule is CN(C(=O)c1ccc(O)cc1)c1cccc(O)c1. The number of benzene rings is 2. The summed E-state index contributed by atoms with van der Waals surface area (Å²) >= 11 is 0. The molecule has 0 fully saturated rings. The molecule has 4 heteroatoms. The van der Waals surface area contributed by atoms with Crippen LogP contribution in [0.3, 0.4) is 0 Å². The second-order valence-corrected chi connectivity index (χ2v) is 3.93. The Balaban J connectivity index is 2.26. The van der Waals surface area contributed by atoms with Gasteiger partial charge in [-0.1, -0.05) is 6.07 Å². The third-order valence-corrected chi connectivity index (χ3v) is 2.64. The van der Waals surface area contributed by atoms with Crippen LogP contribution in [-0.2, 0) is 0 Å². The van der Waals surface area contributed by atoms with Gasteiger partial charge in [-0.2, -0.15) is 0 Å². The number of carbonyl (C=O) groups is 1. The molecule has 92 valence electrons. The molecule has 2 rings (SSSR count).